The van der Waals surface area contributed by atoms with Crippen molar-refractivity contribution in [3.63, 3.8) is 0 Å². The lowest BCUT2D eigenvalue weighted by Gasteiger charge is -2.38. The molecule has 2 N–H and O–H groups in total. The molecule has 8 rings (SSSR count). The first kappa shape index (κ1) is 27.7. The van der Waals surface area contributed by atoms with Gasteiger partial charge in [-0.3, -0.25) is 14.7 Å². The van der Waals surface area contributed by atoms with Crippen LogP contribution in [0.2, 0.25) is 0 Å². The lowest BCUT2D eigenvalue weighted by atomic mass is 9.99. The van der Waals surface area contributed by atoms with Crippen LogP contribution in [0.25, 0.3) is 33.7 Å². The van der Waals surface area contributed by atoms with Gasteiger partial charge in [0.2, 0.25) is 0 Å². The van der Waals surface area contributed by atoms with E-state index in [0.717, 1.165) is 47.7 Å². The molecule has 1 saturated heterocycles. The van der Waals surface area contributed by atoms with E-state index in [9.17, 15) is 9.90 Å². The molecule has 2 fully saturated rings. The van der Waals surface area contributed by atoms with Crippen molar-refractivity contribution in [2.75, 3.05) is 37.7 Å². The Hall–Kier alpha value is -4.80. The Balaban J connectivity index is 1.11. The van der Waals surface area contributed by atoms with Crippen molar-refractivity contribution in [1.82, 2.24) is 24.8 Å². The third-order valence-electron chi connectivity index (χ3n) is 9.07. The highest BCUT2D eigenvalue weighted by Gasteiger charge is 2.31. The zero-order chi connectivity index (χ0) is 30.5. The van der Waals surface area contributed by atoms with Crippen molar-refractivity contribution in [3.05, 3.63) is 83.8 Å². The van der Waals surface area contributed by atoms with Crippen LogP contribution in [-0.4, -0.2) is 74.7 Å². The second-order valence-electron chi connectivity index (χ2n) is 11.9. The van der Waals surface area contributed by atoms with Gasteiger partial charge in [-0.25, -0.2) is 9.97 Å². The van der Waals surface area contributed by atoms with Gasteiger partial charge < -0.3 is 24.5 Å². The number of likely N-dealkylation sites (N-methyl/N-ethyl adjacent to an activating group) is 1. The third kappa shape index (κ3) is 5.09. The number of fused-ring (bicyclic) bond motifs is 2. The maximum atomic E-state index is 13.9. The average Bonchev–Trinajstić information content (AvgIpc) is 3.84. The van der Waals surface area contributed by atoms with Crippen LogP contribution in [0, 0.1) is 0 Å². The van der Waals surface area contributed by atoms with E-state index in [1.54, 1.807) is 11.1 Å². The van der Waals surface area contributed by atoms with Gasteiger partial charge in [-0.1, -0.05) is 25.1 Å². The van der Waals surface area contributed by atoms with Crippen LogP contribution >= 0.6 is 0 Å². The summed E-state index contributed by atoms with van der Waals surface area (Å²) in [6, 6.07) is 17.5. The lowest BCUT2D eigenvalue weighted by Crippen LogP contribution is -2.53. The minimum Gasteiger partial charge on any atom is -0.491 e. The summed E-state index contributed by atoms with van der Waals surface area (Å²) < 4.78 is 12.1. The molecule has 1 aliphatic carbocycles. The highest BCUT2D eigenvalue weighted by molar-refractivity contribution is 6.09. The first-order valence-corrected chi connectivity index (χ1v) is 15.6. The summed E-state index contributed by atoms with van der Waals surface area (Å²) in [5, 5.41) is 11.5. The minimum atomic E-state index is -0.271. The highest BCUT2D eigenvalue weighted by Crippen LogP contribution is 2.43. The molecule has 1 saturated carbocycles. The van der Waals surface area contributed by atoms with Crippen LogP contribution in [0.3, 0.4) is 0 Å². The second-order valence-corrected chi connectivity index (χ2v) is 11.9. The number of H-pyrrole nitrogens is 1. The molecule has 0 spiro atoms. The van der Waals surface area contributed by atoms with Crippen LogP contribution in [0.1, 0.15) is 47.2 Å². The summed E-state index contributed by atoms with van der Waals surface area (Å²) in [5.74, 6) is 1.80. The molecule has 228 valence electrons. The van der Waals surface area contributed by atoms with E-state index in [2.05, 4.69) is 31.8 Å². The first-order chi connectivity index (χ1) is 22.1. The minimum absolute atomic E-state index is 0.146. The fourth-order valence-electron chi connectivity index (χ4n) is 6.39. The van der Waals surface area contributed by atoms with E-state index >= 15 is 0 Å². The normalized spacial score (nSPS) is 17.1. The molecule has 10 nitrogen and oxygen atoms in total. The van der Waals surface area contributed by atoms with Gasteiger partial charge in [0.25, 0.3) is 5.91 Å². The summed E-state index contributed by atoms with van der Waals surface area (Å²) in [6.45, 7) is 5.51. The molecule has 10 heteroatoms. The molecule has 0 bridgehead atoms. The van der Waals surface area contributed by atoms with Crippen molar-refractivity contribution >= 4 is 22.6 Å². The van der Waals surface area contributed by atoms with E-state index in [-0.39, 0.29) is 18.6 Å². The maximum absolute atomic E-state index is 13.9. The number of aliphatic hydroxyl groups is 1. The number of benzene rings is 2. The topological polar surface area (TPSA) is 117 Å². The van der Waals surface area contributed by atoms with E-state index in [0.29, 0.717) is 53.0 Å². The number of rotatable bonds is 8. The van der Waals surface area contributed by atoms with Gasteiger partial charge in [0, 0.05) is 29.6 Å². The Morgan fingerprint density at radius 2 is 1.93 bits per heavy atom. The number of aliphatic hydroxyl groups excluding tert-OH is 1. The van der Waals surface area contributed by atoms with Crippen LogP contribution in [-0.2, 0) is 6.61 Å². The molecule has 2 aliphatic heterocycles. The number of aromatic amines is 1. The van der Waals surface area contributed by atoms with Crippen LogP contribution in [0.15, 0.2) is 67.1 Å². The second kappa shape index (κ2) is 11.3. The SMILES string of the molecule is CCN1CC(Oc2ccc(-c3cc4c(-c5cccc(N6CCOc7cc(C8CC8)ccc7C6=O)c5CO)ncnc4[nH]3)nc2)C1. The number of carbonyl (C=O) groups is 1. The first-order valence-electron chi connectivity index (χ1n) is 15.6. The van der Waals surface area contributed by atoms with Crippen molar-refractivity contribution in [2.45, 2.75) is 38.4 Å². The van der Waals surface area contributed by atoms with Crippen LogP contribution in [0.4, 0.5) is 5.69 Å². The predicted octanol–water partition coefficient (Wildman–Crippen LogP) is 5.18. The highest BCUT2D eigenvalue weighted by atomic mass is 16.5. The monoisotopic (exact) mass is 602 g/mol. The Bertz CT molecular complexity index is 1890. The van der Waals surface area contributed by atoms with Crippen LogP contribution < -0.4 is 14.4 Å². The van der Waals surface area contributed by atoms with Crippen molar-refractivity contribution in [2.24, 2.45) is 0 Å². The summed E-state index contributed by atoms with van der Waals surface area (Å²) in [6.07, 6.45) is 5.82. The van der Waals surface area contributed by atoms with Crippen molar-refractivity contribution in [3.8, 4) is 34.1 Å². The van der Waals surface area contributed by atoms with Gasteiger partial charge in [0.1, 0.15) is 36.2 Å². The van der Waals surface area contributed by atoms with Gasteiger partial charge in [-0.05, 0) is 67.3 Å². The largest absolute Gasteiger partial charge is 0.491 e. The number of likely N-dealkylation sites (tertiary alicyclic amines) is 1. The number of nitrogens with one attached hydrogen (secondary N) is 1. The fourth-order valence-corrected chi connectivity index (χ4v) is 6.39. The molecule has 5 heterocycles. The number of hydrogen-bond acceptors (Lipinski definition) is 8. The van der Waals surface area contributed by atoms with Gasteiger partial charge in [0.15, 0.2) is 0 Å². The molecule has 45 heavy (non-hydrogen) atoms. The molecule has 2 aromatic carbocycles. The zero-order valence-electron chi connectivity index (χ0n) is 25.1. The number of hydrogen-bond donors (Lipinski definition) is 2. The Kier molecular flexibility index (Phi) is 6.95. The molecule has 3 aromatic heterocycles. The molecule has 5 aromatic rings. The molecule has 0 radical (unpaired) electrons. The summed E-state index contributed by atoms with van der Waals surface area (Å²) in [4.78, 5) is 35.0. The van der Waals surface area contributed by atoms with Gasteiger partial charge in [-0.2, -0.15) is 0 Å². The number of amides is 1. The van der Waals surface area contributed by atoms with E-state index < -0.39 is 0 Å². The van der Waals surface area contributed by atoms with Gasteiger partial charge in [0.05, 0.1) is 47.7 Å². The smallest absolute Gasteiger partial charge is 0.262 e. The lowest BCUT2D eigenvalue weighted by molar-refractivity contribution is 0.0236. The Morgan fingerprint density at radius 1 is 1.04 bits per heavy atom. The number of aromatic nitrogens is 4. The zero-order valence-corrected chi connectivity index (χ0v) is 25.1. The third-order valence-corrected chi connectivity index (χ3v) is 9.07. The number of nitrogens with zero attached hydrogens (tertiary/aromatic N) is 5. The number of pyridine rings is 1. The summed E-state index contributed by atoms with van der Waals surface area (Å²) >= 11 is 0. The van der Waals surface area contributed by atoms with E-state index in [4.69, 9.17) is 9.47 Å². The Morgan fingerprint density at radius 3 is 2.71 bits per heavy atom. The molecular weight excluding hydrogens is 568 g/mol. The fraction of sp³-hybridized carbons (Fsp3) is 0.314. The number of carbonyl (C=O) groups excluding carboxylic acids is 1. The summed E-state index contributed by atoms with van der Waals surface area (Å²) in [7, 11) is 0. The van der Waals surface area contributed by atoms with Gasteiger partial charge >= 0.3 is 0 Å². The standard InChI is InChI=1S/C35H34N6O4/c1-2-40-17-24(18-40)45-23-9-11-29(36-16-23)30-15-27-33(37-20-38-34(27)39-30)25-4-3-5-31(28(25)19-42)41-12-13-44-32-14-22(21-6-7-21)8-10-26(32)35(41)43/h3-5,8-11,14-16,20-21,24,42H,2,6-7,12-13,17-19H2,1H3,(H,37,38,39). The van der Waals surface area contributed by atoms with Crippen LogP contribution in [0.5, 0.6) is 11.5 Å². The number of ether oxygens (including phenoxy) is 2. The van der Waals surface area contributed by atoms with Gasteiger partial charge in [-0.15, -0.1) is 0 Å². The van der Waals surface area contributed by atoms with Crippen molar-refractivity contribution in [1.29, 1.82) is 0 Å². The maximum Gasteiger partial charge on any atom is 0.262 e. The molecule has 0 atom stereocenters. The summed E-state index contributed by atoms with van der Waals surface area (Å²) in [5.41, 5.74) is 6.60. The van der Waals surface area contributed by atoms with Crippen molar-refractivity contribution < 1.29 is 19.4 Å². The van der Waals surface area contributed by atoms with E-state index in [1.807, 2.05) is 54.6 Å². The molecule has 1 amide bonds. The predicted molar refractivity (Wildman–Crippen MR) is 171 cm³/mol. The van der Waals surface area contributed by atoms with E-state index in [1.165, 1.54) is 24.7 Å². The quantitative estimate of drug-likeness (QED) is 0.250. The molecule has 3 aliphatic rings. The molecule has 0 unspecified atom stereocenters. The molecular formula is C35H34N6O4. The Labute approximate surface area is 260 Å². The average molecular weight is 603 g/mol. The number of anilines is 1.